The molecule has 2 unspecified atom stereocenters. The Hall–Kier alpha value is -3.43. The Balaban J connectivity index is 1.33. The zero-order chi connectivity index (χ0) is 23.1. The highest BCUT2D eigenvalue weighted by molar-refractivity contribution is 6.05. The fraction of sp³-hybridized carbons (Fsp3) is 0.400. The number of aliphatic hydroxyl groups is 1. The number of methoxy groups -OCH3 is 1. The molecular weight excluding hydrogens is 432 g/mol. The van der Waals surface area contributed by atoms with Crippen LogP contribution in [-0.4, -0.2) is 70.7 Å². The number of imidazole rings is 1. The molecule has 0 amide bonds. The van der Waals surface area contributed by atoms with Crippen molar-refractivity contribution in [2.45, 2.75) is 31.5 Å². The van der Waals surface area contributed by atoms with Gasteiger partial charge in [-0.3, -0.25) is 4.99 Å². The fourth-order valence-corrected chi connectivity index (χ4v) is 4.95. The number of anilines is 3. The van der Waals surface area contributed by atoms with Crippen LogP contribution in [-0.2, 0) is 4.74 Å². The van der Waals surface area contributed by atoms with E-state index in [0.29, 0.717) is 25.5 Å². The molecule has 1 fully saturated rings. The number of fused-ring (bicyclic) bond motifs is 2. The Morgan fingerprint density at radius 1 is 1.26 bits per heavy atom. The number of hydrogen-bond acceptors (Lipinski definition) is 8. The Labute approximate surface area is 197 Å². The largest absolute Gasteiger partial charge is 0.495 e. The van der Waals surface area contributed by atoms with Crippen molar-refractivity contribution in [3.8, 4) is 5.75 Å². The first-order valence-corrected chi connectivity index (χ1v) is 11.8. The van der Waals surface area contributed by atoms with E-state index in [1.54, 1.807) is 13.3 Å². The molecule has 0 radical (unpaired) electrons. The zero-order valence-corrected chi connectivity index (χ0v) is 19.1. The topological polar surface area (TPSA) is 96.5 Å². The first-order valence-electron chi connectivity index (χ1n) is 11.8. The number of β-amino-alcohol motifs (C(OH)–C–C–N with tert-alkyl or cyclic N) is 1. The maximum atomic E-state index is 9.92. The van der Waals surface area contributed by atoms with Crippen LogP contribution in [0, 0.1) is 0 Å². The van der Waals surface area contributed by atoms with E-state index in [1.807, 2.05) is 35.0 Å². The van der Waals surface area contributed by atoms with Gasteiger partial charge in [0.15, 0.2) is 11.5 Å². The van der Waals surface area contributed by atoms with Crippen LogP contribution in [0.2, 0.25) is 0 Å². The smallest absolute Gasteiger partial charge is 0.180 e. The summed E-state index contributed by atoms with van der Waals surface area (Å²) in [5, 5.41) is 13.4. The summed E-state index contributed by atoms with van der Waals surface area (Å²) in [5.74, 6) is 1.43. The molecule has 0 saturated carbocycles. The zero-order valence-electron chi connectivity index (χ0n) is 19.1. The molecule has 3 aliphatic rings. The van der Waals surface area contributed by atoms with Crippen molar-refractivity contribution >= 4 is 34.1 Å². The summed E-state index contributed by atoms with van der Waals surface area (Å²) in [5.41, 5.74) is 5.66. The van der Waals surface area contributed by atoms with Crippen molar-refractivity contribution in [2.75, 3.05) is 43.6 Å². The van der Waals surface area contributed by atoms with Crippen molar-refractivity contribution in [1.29, 1.82) is 0 Å². The van der Waals surface area contributed by atoms with Gasteiger partial charge in [0.05, 0.1) is 49.6 Å². The molecule has 34 heavy (non-hydrogen) atoms. The molecule has 9 nitrogen and oxygen atoms in total. The molecule has 1 aromatic carbocycles. The van der Waals surface area contributed by atoms with Crippen molar-refractivity contribution in [2.24, 2.45) is 4.99 Å². The molecule has 0 bridgehead atoms. The van der Waals surface area contributed by atoms with Gasteiger partial charge in [0.25, 0.3) is 0 Å². The van der Waals surface area contributed by atoms with E-state index < -0.39 is 0 Å². The lowest BCUT2D eigenvalue weighted by atomic mass is 9.93. The number of nitrogens with zero attached hydrogens (tertiary/aromatic N) is 5. The Kier molecular flexibility index (Phi) is 5.43. The maximum Gasteiger partial charge on any atom is 0.180 e. The van der Waals surface area contributed by atoms with Gasteiger partial charge in [-0.25, -0.2) is 9.97 Å². The number of aliphatic hydroxyl groups excluding tert-OH is 1. The molecule has 2 N–H and O–H groups in total. The Bertz CT molecular complexity index is 1280. The third kappa shape index (κ3) is 3.91. The van der Waals surface area contributed by atoms with E-state index in [9.17, 15) is 5.11 Å². The lowest BCUT2D eigenvalue weighted by Gasteiger charge is -2.27. The average molecular weight is 461 g/mol. The highest BCUT2D eigenvalue weighted by atomic mass is 16.5. The molecule has 2 atom stereocenters. The van der Waals surface area contributed by atoms with E-state index >= 15 is 0 Å². The minimum absolute atomic E-state index is 0.106. The SMILES string of the molecule is COc1cc(Nc2nc(C3=CC4=NCCOC4CC3)cn3ccnc23)ccc1N1CCC(O)C1. The first kappa shape index (κ1) is 21.1. The first-order chi connectivity index (χ1) is 16.7. The van der Waals surface area contributed by atoms with Crippen LogP contribution < -0.4 is 15.0 Å². The molecule has 6 rings (SSSR count). The van der Waals surface area contributed by atoms with Crippen molar-refractivity contribution in [3.63, 3.8) is 0 Å². The molecule has 1 aliphatic carbocycles. The molecular formula is C25H28N6O3. The summed E-state index contributed by atoms with van der Waals surface area (Å²) in [6.45, 7) is 2.85. The number of nitrogens with one attached hydrogen (secondary N) is 1. The van der Waals surface area contributed by atoms with E-state index in [2.05, 4.69) is 26.3 Å². The van der Waals surface area contributed by atoms with Crippen LogP contribution in [0.1, 0.15) is 25.0 Å². The number of allylic oxidation sites excluding steroid dienone is 1. The minimum atomic E-state index is -0.293. The summed E-state index contributed by atoms with van der Waals surface area (Å²) >= 11 is 0. The van der Waals surface area contributed by atoms with Gasteiger partial charge in [-0.1, -0.05) is 0 Å². The van der Waals surface area contributed by atoms with E-state index in [-0.39, 0.29) is 12.2 Å². The maximum absolute atomic E-state index is 9.92. The van der Waals surface area contributed by atoms with Gasteiger partial charge >= 0.3 is 0 Å². The highest BCUT2D eigenvalue weighted by Gasteiger charge is 2.26. The lowest BCUT2D eigenvalue weighted by molar-refractivity contribution is 0.0901. The number of rotatable bonds is 5. The number of aliphatic imine (C=N–C) groups is 1. The van der Waals surface area contributed by atoms with Crippen molar-refractivity contribution < 1.29 is 14.6 Å². The second-order valence-corrected chi connectivity index (χ2v) is 8.91. The molecule has 1 saturated heterocycles. The molecule has 2 aromatic heterocycles. The summed E-state index contributed by atoms with van der Waals surface area (Å²) < 4.78 is 13.5. The number of benzene rings is 1. The number of ether oxygens (including phenoxy) is 2. The van der Waals surface area contributed by atoms with Gasteiger partial charge in [0.2, 0.25) is 0 Å². The van der Waals surface area contributed by atoms with Gasteiger partial charge in [-0.2, -0.15) is 0 Å². The van der Waals surface area contributed by atoms with Crippen molar-refractivity contribution in [1.82, 2.24) is 14.4 Å². The second-order valence-electron chi connectivity index (χ2n) is 8.91. The third-order valence-electron chi connectivity index (χ3n) is 6.68. The van der Waals surface area contributed by atoms with E-state index in [4.69, 9.17) is 14.5 Å². The molecule has 176 valence electrons. The second kappa shape index (κ2) is 8.73. The molecule has 4 heterocycles. The fourth-order valence-electron chi connectivity index (χ4n) is 4.95. The Morgan fingerprint density at radius 2 is 2.21 bits per heavy atom. The lowest BCUT2D eigenvalue weighted by Crippen LogP contribution is -2.31. The summed E-state index contributed by atoms with van der Waals surface area (Å²) in [7, 11) is 1.67. The van der Waals surface area contributed by atoms with Gasteiger partial charge in [-0.15, -0.1) is 0 Å². The summed E-state index contributed by atoms with van der Waals surface area (Å²) in [4.78, 5) is 16.3. The van der Waals surface area contributed by atoms with Crippen LogP contribution in [0.15, 0.2) is 47.9 Å². The Morgan fingerprint density at radius 3 is 3.06 bits per heavy atom. The van der Waals surface area contributed by atoms with Crippen LogP contribution in [0.5, 0.6) is 5.75 Å². The quantitative estimate of drug-likeness (QED) is 0.604. The highest BCUT2D eigenvalue weighted by Crippen LogP contribution is 2.35. The minimum Gasteiger partial charge on any atom is -0.495 e. The predicted octanol–water partition coefficient (Wildman–Crippen LogP) is 3.07. The molecule has 3 aromatic rings. The van der Waals surface area contributed by atoms with Crippen LogP contribution in [0.4, 0.5) is 17.2 Å². The summed E-state index contributed by atoms with van der Waals surface area (Å²) in [6, 6.07) is 6.00. The van der Waals surface area contributed by atoms with Gasteiger partial charge < -0.3 is 29.2 Å². The standard InChI is InChI=1S/C25H28N6O3/c1-33-23-13-17(3-4-21(23)30-9-6-18(32)14-30)28-24-25-27-7-10-31(25)15-20(29-24)16-2-5-22-19(12-16)26-8-11-34-22/h3-4,7,10,12-13,15,18,22,32H,2,5-6,8-9,11,14H2,1H3,(H,28,29). The third-order valence-corrected chi connectivity index (χ3v) is 6.68. The van der Waals surface area contributed by atoms with Crippen LogP contribution >= 0.6 is 0 Å². The average Bonchev–Trinajstić information content (AvgIpc) is 3.52. The van der Waals surface area contributed by atoms with E-state index in [1.165, 1.54) is 0 Å². The molecule has 0 spiro atoms. The van der Waals surface area contributed by atoms with Crippen LogP contribution in [0.3, 0.4) is 0 Å². The molecule has 9 heteroatoms. The number of hydrogen-bond donors (Lipinski definition) is 2. The molecule has 2 aliphatic heterocycles. The summed E-state index contributed by atoms with van der Waals surface area (Å²) in [6.07, 6.45) is 10.2. The van der Waals surface area contributed by atoms with Crippen LogP contribution in [0.25, 0.3) is 11.2 Å². The van der Waals surface area contributed by atoms with E-state index in [0.717, 1.165) is 65.6 Å². The van der Waals surface area contributed by atoms with Gasteiger partial charge in [0, 0.05) is 43.4 Å². The predicted molar refractivity (Wildman–Crippen MR) is 131 cm³/mol. The van der Waals surface area contributed by atoms with Gasteiger partial charge in [-0.05, 0) is 43.0 Å². The number of aromatic nitrogens is 3. The van der Waals surface area contributed by atoms with Crippen molar-refractivity contribution in [3.05, 3.63) is 48.6 Å². The van der Waals surface area contributed by atoms with Gasteiger partial charge in [0.1, 0.15) is 5.75 Å². The monoisotopic (exact) mass is 460 g/mol. The normalized spacial score (nSPS) is 22.4.